The van der Waals surface area contributed by atoms with Gasteiger partial charge in [0.25, 0.3) is 11.8 Å². The molecule has 0 bridgehead atoms. The number of unbranched alkanes of at least 4 members (excludes halogenated alkanes) is 2. The fraction of sp³-hybridized carbons (Fsp3) is 0.484. The number of carbonyl (C=O) groups excluding carboxylic acids is 4. The van der Waals surface area contributed by atoms with Crippen LogP contribution in [0.2, 0.25) is 0 Å². The van der Waals surface area contributed by atoms with Gasteiger partial charge in [0, 0.05) is 19.6 Å². The molecule has 2 aromatic rings. The number of rotatable bonds is 15. The van der Waals surface area contributed by atoms with Crippen LogP contribution in [0.4, 0.5) is 9.59 Å². The summed E-state index contributed by atoms with van der Waals surface area (Å²) in [5, 5.41) is 5.46. The molecule has 0 aliphatic carbocycles. The van der Waals surface area contributed by atoms with Crippen LogP contribution in [-0.4, -0.2) is 71.9 Å². The number of nitrogens with one attached hydrogen (secondary N) is 2. The largest absolute Gasteiger partial charge is 0.430 e. The molecule has 0 aromatic heterocycles. The Morgan fingerprint density at radius 3 is 1.71 bits per heavy atom. The molecule has 0 fully saturated rings. The Balaban J connectivity index is 1.89. The predicted octanol–water partition coefficient (Wildman–Crippen LogP) is 4.94. The molecule has 2 aromatic carbocycles. The molecule has 41 heavy (non-hydrogen) atoms. The lowest BCUT2D eigenvalue weighted by Crippen LogP contribution is -2.54. The SMILES string of the molecule is CCCCNC(=O)OC(C)N(CC(Cc1ccccc1)N1C(=O)c2ccccc2C1=O)C(C)OC(=O)NCCCC. The Morgan fingerprint density at radius 2 is 1.24 bits per heavy atom. The lowest BCUT2D eigenvalue weighted by molar-refractivity contribution is -0.0984. The maximum atomic E-state index is 13.5. The normalized spacial score (nSPS) is 14.8. The van der Waals surface area contributed by atoms with Crippen molar-refractivity contribution in [1.29, 1.82) is 0 Å². The van der Waals surface area contributed by atoms with Gasteiger partial charge in [0.2, 0.25) is 0 Å². The minimum atomic E-state index is -0.844. The molecule has 0 radical (unpaired) electrons. The first-order chi connectivity index (χ1) is 19.8. The minimum Gasteiger partial charge on any atom is -0.430 e. The second kappa shape index (κ2) is 15.8. The maximum Gasteiger partial charge on any atom is 0.408 e. The minimum absolute atomic E-state index is 0.0905. The van der Waals surface area contributed by atoms with E-state index in [0.29, 0.717) is 30.6 Å². The Bertz CT molecular complexity index is 1110. The zero-order chi connectivity index (χ0) is 29.8. The van der Waals surface area contributed by atoms with Gasteiger partial charge in [0.1, 0.15) is 0 Å². The zero-order valence-electron chi connectivity index (χ0n) is 24.4. The number of carbonyl (C=O) groups is 4. The van der Waals surface area contributed by atoms with Gasteiger partial charge in [-0.1, -0.05) is 69.2 Å². The van der Waals surface area contributed by atoms with Crippen molar-refractivity contribution in [2.45, 2.75) is 78.3 Å². The van der Waals surface area contributed by atoms with Crippen LogP contribution in [0.15, 0.2) is 54.6 Å². The Kier molecular flexibility index (Phi) is 12.1. The van der Waals surface area contributed by atoms with Crippen molar-refractivity contribution in [3.8, 4) is 0 Å². The molecule has 3 atom stereocenters. The molecular weight excluding hydrogens is 524 g/mol. The number of amides is 4. The van der Waals surface area contributed by atoms with Gasteiger partial charge in [0.05, 0.1) is 17.2 Å². The summed E-state index contributed by atoms with van der Waals surface area (Å²) >= 11 is 0. The lowest BCUT2D eigenvalue weighted by atomic mass is 10.0. The number of hydrogen-bond donors (Lipinski definition) is 2. The number of fused-ring (bicyclic) bond motifs is 1. The smallest absolute Gasteiger partial charge is 0.408 e. The highest BCUT2D eigenvalue weighted by molar-refractivity contribution is 6.21. The first-order valence-corrected chi connectivity index (χ1v) is 14.4. The average Bonchev–Trinajstić information content (AvgIpc) is 3.21. The fourth-order valence-corrected chi connectivity index (χ4v) is 4.76. The molecule has 10 nitrogen and oxygen atoms in total. The van der Waals surface area contributed by atoms with Gasteiger partial charge in [-0.2, -0.15) is 0 Å². The van der Waals surface area contributed by atoms with E-state index in [1.807, 2.05) is 44.2 Å². The number of imide groups is 1. The molecule has 2 N–H and O–H groups in total. The van der Waals surface area contributed by atoms with Gasteiger partial charge in [-0.05, 0) is 50.8 Å². The highest BCUT2D eigenvalue weighted by Gasteiger charge is 2.41. The molecular formula is C31H42N4O6. The second-order valence-corrected chi connectivity index (χ2v) is 10.1. The standard InChI is InChI=1S/C31H42N4O6/c1-5-7-18-32-30(38)40-22(3)34(23(4)41-31(39)33-19-8-6-2)21-25(20-24-14-10-9-11-15-24)35-28(36)26-16-12-13-17-27(26)29(35)37/h9-17,22-23,25H,5-8,18-21H2,1-4H3,(H,32,38)(H,33,39). The second-order valence-electron chi connectivity index (χ2n) is 10.1. The van der Waals surface area contributed by atoms with E-state index in [9.17, 15) is 19.2 Å². The van der Waals surface area contributed by atoms with Crippen LogP contribution >= 0.6 is 0 Å². The van der Waals surface area contributed by atoms with Crippen LogP contribution in [-0.2, 0) is 15.9 Å². The van der Waals surface area contributed by atoms with Gasteiger partial charge < -0.3 is 20.1 Å². The molecule has 3 unspecified atom stereocenters. The molecule has 0 saturated carbocycles. The van der Waals surface area contributed by atoms with E-state index in [2.05, 4.69) is 10.6 Å². The van der Waals surface area contributed by atoms with Gasteiger partial charge in [-0.15, -0.1) is 0 Å². The lowest BCUT2D eigenvalue weighted by Gasteiger charge is -2.37. The maximum absolute atomic E-state index is 13.5. The molecule has 3 rings (SSSR count). The van der Waals surface area contributed by atoms with E-state index in [1.54, 1.807) is 43.0 Å². The van der Waals surface area contributed by atoms with E-state index in [4.69, 9.17) is 9.47 Å². The summed E-state index contributed by atoms with van der Waals surface area (Å²) in [6, 6.07) is 15.6. The van der Waals surface area contributed by atoms with Gasteiger partial charge in [-0.25, -0.2) is 14.5 Å². The summed E-state index contributed by atoms with van der Waals surface area (Å²) in [5.41, 5.74) is 1.62. The van der Waals surface area contributed by atoms with E-state index >= 15 is 0 Å². The molecule has 1 aliphatic heterocycles. The van der Waals surface area contributed by atoms with Crippen molar-refractivity contribution in [2.24, 2.45) is 0 Å². The van der Waals surface area contributed by atoms with E-state index in [0.717, 1.165) is 31.2 Å². The molecule has 4 amide bonds. The van der Waals surface area contributed by atoms with Crippen molar-refractivity contribution < 1.29 is 28.7 Å². The third-order valence-electron chi connectivity index (χ3n) is 7.01. The van der Waals surface area contributed by atoms with Crippen LogP contribution < -0.4 is 10.6 Å². The number of hydrogen-bond acceptors (Lipinski definition) is 7. The third kappa shape index (κ3) is 8.78. The van der Waals surface area contributed by atoms with Crippen molar-refractivity contribution in [3.63, 3.8) is 0 Å². The summed E-state index contributed by atoms with van der Waals surface area (Å²) in [7, 11) is 0. The molecule has 10 heteroatoms. The summed E-state index contributed by atoms with van der Waals surface area (Å²) in [4.78, 5) is 55.0. The third-order valence-corrected chi connectivity index (χ3v) is 7.01. The van der Waals surface area contributed by atoms with Crippen molar-refractivity contribution >= 4 is 24.0 Å². The molecule has 222 valence electrons. The topological polar surface area (TPSA) is 117 Å². The Morgan fingerprint density at radius 1 is 0.780 bits per heavy atom. The Labute approximate surface area is 242 Å². The van der Waals surface area contributed by atoms with E-state index < -0.39 is 30.7 Å². The molecule has 1 aliphatic rings. The van der Waals surface area contributed by atoms with Crippen molar-refractivity contribution in [2.75, 3.05) is 19.6 Å². The average molecular weight is 567 g/mol. The van der Waals surface area contributed by atoms with Crippen LogP contribution in [0, 0.1) is 0 Å². The highest BCUT2D eigenvalue weighted by Crippen LogP contribution is 2.27. The molecule has 1 heterocycles. The zero-order valence-corrected chi connectivity index (χ0v) is 24.4. The Hall–Kier alpha value is -3.92. The van der Waals surface area contributed by atoms with E-state index in [1.165, 1.54) is 4.90 Å². The highest BCUT2D eigenvalue weighted by atomic mass is 16.6. The number of nitrogens with zero attached hydrogens (tertiary/aromatic N) is 2. The summed E-state index contributed by atoms with van der Waals surface area (Å²) in [6.45, 7) is 8.43. The quantitative estimate of drug-likeness (QED) is 0.178. The van der Waals surface area contributed by atoms with Gasteiger partial charge >= 0.3 is 12.2 Å². The van der Waals surface area contributed by atoms with Crippen LogP contribution in [0.5, 0.6) is 0 Å². The predicted molar refractivity (Wildman–Crippen MR) is 155 cm³/mol. The summed E-state index contributed by atoms with van der Waals surface area (Å²) < 4.78 is 11.3. The first kappa shape index (κ1) is 31.6. The number of alkyl carbamates (subject to hydrolysis) is 2. The number of benzene rings is 2. The summed E-state index contributed by atoms with van der Waals surface area (Å²) in [5.74, 6) is -0.772. The monoisotopic (exact) mass is 566 g/mol. The van der Waals surface area contributed by atoms with Gasteiger partial charge in [0.15, 0.2) is 12.5 Å². The van der Waals surface area contributed by atoms with E-state index in [-0.39, 0.29) is 18.4 Å². The van der Waals surface area contributed by atoms with Crippen LogP contribution in [0.1, 0.15) is 79.7 Å². The number of ether oxygens (including phenoxy) is 2. The summed E-state index contributed by atoms with van der Waals surface area (Å²) in [6.07, 6.45) is 0.919. The molecule has 0 spiro atoms. The first-order valence-electron chi connectivity index (χ1n) is 14.4. The van der Waals surface area contributed by atoms with Gasteiger partial charge in [-0.3, -0.25) is 14.5 Å². The fourth-order valence-electron chi connectivity index (χ4n) is 4.76. The van der Waals surface area contributed by atoms with Crippen LogP contribution in [0.3, 0.4) is 0 Å². The molecule has 0 saturated heterocycles. The van der Waals surface area contributed by atoms with Crippen molar-refractivity contribution in [1.82, 2.24) is 20.4 Å². The van der Waals surface area contributed by atoms with Crippen molar-refractivity contribution in [3.05, 3.63) is 71.3 Å². The van der Waals surface area contributed by atoms with Crippen LogP contribution in [0.25, 0.3) is 0 Å².